The highest BCUT2D eigenvalue weighted by Crippen LogP contribution is 2.33. The summed E-state index contributed by atoms with van der Waals surface area (Å²) in [5.41, 5.74) is 1.19. The molecule has 0 aromatic heterocycles. The van der Waals surface area contributed by atoms with Gasteiger partial charge >= 0.3 is 0 Å². The van der Waals surface area contributed by atoms with Crippen molar-refractivity contribution >= 4 is 10.8 Å². The standard InChI is InChI=1S/C19H23NO/c1-4-6-14-21-19-17(15(3)20-13-5-2)12-11-16-9-7-8-10-18(16)19/h7-12,15,20H,5,13-14H2,1-3H3. The number of ether oxygens (including phenoxy) is 1. The molecule has 110 valence electrons. The lowest BCUT2D eigenvalue weighted by atomic mass is 10.0. The molecule has 2 rings (SSSR count). The number of nitrogens with one attached hydrogen (secondary N) is 1. The molecule has 0 radical (unpaired) electrons. The van der Waals surface area contributed by atoms with Crippen molar-refractivity contribution in [2.75, 3.05) is 13.2 Å². The number of hydrogen-bond donors (Lipinski definition) is 1. The Morgan fingerprint density at radius 1 is 1.19 bits per heavy atom. The Bertz CT molecular complexity index is 651. The molecule has 0 saturated heterocycles. The number of hydrogen-bond acceptors (Lipinski definition) is 2. The quantitative estimate of drug-likeness (QED) is 0.797. The first-order chi connectivity index (χ1) is 10.3. The van der Waals surface area contributed by atoms with Crippen molar-refractivity contribution in [2.24, 2.45) is 0 Å². The van der Waals surface area contributed by atoms with Crippen LogP contribution in [0.25, 0.3) is 10.8 Å². The molecule has 2 heteroatoms. The highest BCUT2D eigenvalue weighted by molar-refractivity contribution is 5.89. The monoisotopic (exact) mass is 281 g/mol. The highest BCUT2D eigenvalue weighted by Gasteiger charge is 2.14. The molecule has 1 atom stereocenters. The van der Waals surface area contributed by atoms with Gasteiger partial charge in [-0.25, -0.2) is 0 Å². The van der Waals surface area contributed by atoms with Gasteiger partial charge in [-0.1, -0.05) is 49.2 Å². The van der Waals surface area contributed by atoms with E-state index in [2.05, 4.69) is 67.4 Å². The molecule has 0 heterocycles. The summed E-state index contributed by atoms with van der Waals surface area (Å²) in [7, 11) is 0. The number of benzene rings is 2. The lowest BCUT2D eigenvalue weighted by Crippen LogP contribution is -2.20. The van der Waals surface area contributed by atoms with Gasteiger partial charge in [-0.15, -0.1) is 5.92 Å². The number of rotatable bonds is 6. The minimum absolute atomic E-state index is 0.263. The van der Waals surface area contributed by atoms with E-state index in [0.717, 1.165) is 24.1 Å². The van der Waals surface area contributed by atoms with Crippen LogP contribution in [0.3, 0.4) is 0 Å². The van der Waals surface area contributed by atoms with Crippen LogP contribution in [-0.2, 0) is 0 Å². The summed E-state index contributed by atoms with van der Waals surface area (Å²) in [5, 5.41) is 5.88. The van der Waals surface area contributed by atoms with Crippen LogP contribution in [0.15, 0.2) is 36.4 Å². The van der Waals surface area contributed by atoms with Crippen LogP contribution in [0.4, 0.5) is 0 Å². The van der Waals surface area contributed by atoms with Crippen LogP contribution in [0, 0.1) is 11.8 Å². The van der Waals surface area contributed by atoms with Crippen molar-refractivity contribution in [1.29, 1.82) is 0 Å². The lowest BCUT2D eigenvalue weighted by molar-refractivity contribution is 0.365. The zero-order valence-electron chi connectivity index (χ0n) is 13.1. The second-order valence-electron chi connectivity index (χ2n) is 5.10. The van der Waals surface area contributed by atoms with Gasteiger partial charge in [-0.2, -0.15) is 0 Å². The molecule has 21 heavy (non-hydrogen) atoms. The van der Waals surface area contributed by atoms with Crippen molar-refractivity contribution in [1.82, 2.24) is 5.32 Å². The van der Waals surface area contributed by atoms with Crippen LogP contribution in [0.2, 0.25) is 0 Å². The third kappa shape index (κ3) is 3.77. The van der Waals surface area contributed by atoms with E-state index in [0.29, 0.717) is 6.61 Å². The summed E-state index contributed by atoms with van der Waals surface area (Å²) in [4.78, 5) is 0. The van der Waals surface area contributed by atoms with E-state index in [-0.39, 0.29) is 6.04 Å². The van der Waals surface area contributed by atoms with E-state index in [1.54, 1.807) is 0 Å². The van der Waals surface area contributed by atoms with E-state index in [4.69, 9.17) is 4.74 Å². The molecule has 1 unspecified atom stereocenters. The Morgan fingerprint density at radius 2 is 2.00 bits per heavy atom. The summed E-state index contributed by atoms with van der Waals surface area (Å²) < 4.78 is 5.98. The zero-order valence-corrected chi connectivity index (χ0v) is 13.1. The van der Waals surface area contributed by atoms with E-state index in [1.165, 1.54) is 10.9 Å². The summed E-state index contributed by atoms with van der Waals surface area (Å²) >= 11 is 0. The fourth-order valence-corrected chi connectivity index (χ4v) is 2.41. The molecule has 2 aromatic rings. The second-order valence-corrected chi connectivity index (χ2v) is 5.10. The first-order valence-electron chi connectivity index (χ1n) is 7.55. The summed E-state index contributed by atoms with van der Waals surface area (Å²) in [5.74, 6) is 6.81. The molecule has 2 nitrogen and oxygen atoms in total. The Morgan fingerprint density at radius 3 is 2.76 bits per heavy atom. The van der Waals surface area contributed by atoms with Crippen LogP contribution >= 0.6 is 0 Å². The van der Waals surface area contributed by atoms with Crippen LogP contribution < -0.4 is 10.1 Å². The maximum Gasteiger partial charge on any atom is 0.149 e. The van der Waals surface area contributed by atoms with Gasteiger partial charge in [0, 0.05) is 17.0 Å². The van der Waals surface area contributed by atoms with E-state index in [9.17, 15) is 0 Å². The van der Waals surface area contributed by atoms with Gasteiger partial charge in [0.05, 0.1) is 0 Å². The minimum atomic E-state index is 0.263. The van der Waals surface area contributed by atoms with E-state index in [1.807, 2.05) is 6.92 Å². The van der Waals surface area contributed by atoms with Gasteiger partial charge in [0.25, 0.3) is 0 Å². The zero-order chi connectivity index (χ0) is 15.1. The molecule has 1 N–H and O–H groups in total. The smallest absolute Gasteiger partial charge is 0.149 e. The first-order valence-corrected chi connectivity index (χ1v) is 7.55. The van der Waals surface area contributed by atoms with Gasteiger partial charge in [0.2, 0.25) is 0 Å². The molecule has 2 aromatic carbocycles. The van der Waals surface area contributed by atoms with Gasteiger partial charge in [0.1, 0.15) is 12.4 Å². The Balaban J connectivity index is 2.41. The molecule has 0 aliphatic rings. The SMILES string of the molecule is CC#CCOc1c(C(C)NCCC)ccc2ccccc12. The molecule has 0 amide bonds. The average Bonchev–Trinajstić information content (AvgIpc) is 2.52. The maximum atomic E-state index is 5.98. The first kappa shape index (κ1) is 15.4. The van der Waals surface area contributed by atoms with E-state index < -0.39 is 0 Å². The lowest BCUT2D eigenvalue weighted by Gasteiger charge is -2.19. The fourth-order valence-electron chi connectivity index (χ4n) is 2.41. The van der Waals surface area contributed by atoms with E-state index >= 15 is 0 Å². The second kappa shape index (κ2) is 7.71. The normalized spacial score (nSPS) is 11.8. The predicted molar refractivity (Wildman–Crippen MR) is 89.6 cm³/mol. The topological polar surface area (TPSA) is 21.3 Å². The molecule has 0 aliphatic heterocycles. The van der Waals surface area contributed by atoms with Gasteiger partial charge in [-0.3, -0.25) is 0 Å². The third-order valence-corrected chi connectivity index (χ3v) is 3.54. The summed E-state index contributed by atoms with van der Waals surface area (Å²) in [6.07, 6.45) is 1.12. The molecular formula is C19H23NO. The number of fused-ring (bicyclic) bond motifs is 1. The van der Waals surface area contributed by atoms with Crippen LogP contribution in [0.5, 0.6) is 5.75 Å². The largest absolute Gasteiger partial charge is 0.480 e. The molecule has 0 saturated carbocycles. The summed E-state index contributed by atoms with van der Waals surface area (Å²) in [6, 6.07) is 12.9. The fraction of sp³-hybridized carbons (Fsp3) is 0.368. The van der Waals surface area contributed by atoms with Crippen molar-refractivity contribution in [3.63, 3.8) is 0 Å². The predicted octanol–water partition coefficient (Wildman–Crippen LogP) is 4.30. The Kier molecular flexibility index (Phi) is 5.66. The van der Waals surface area contributed by atoms with Crippen LogP contribution in [0.1, 0.15) is 38.8 Å². The van der Waals surface area contributed by atoms with Gasteiger partial charge in [0.15, 0.2) is 0 Å². The summed E-state index contributed by atoms with van der Waals surface area (Å²) in [6.45, 7) is 7.62. The molecule has 0 bridgehead atoms. The average molecular weight is 281 g/mol. The van der Waals surface area contributed by atoms with Crippen molar-refractivity contribution in [2.45, 2.75) is 33.2 Å². The minimum Gasteiger partial charge on any atom is -0.480 e. The molecule has 0 fully saturated rings. The van der Waals surface area contributed by atoms with Crippen LogP contribution in [-0.4, -0.2) is 13.2 Å². The maximum absolute atomic E-state index is 5.98. The van der Waals surface area contributed by atoms with Gasteiger partial charge in [-0.05, 0) is 32.2 Å². The molecular weight excluding hydrogens is 258 g/mol. The van der Waals surface area contributed by atoms with Crippen molar-refractivity contribution in [3.05, 3.63) is 42.0 Å². The van der Waals surface area contributed by atoms with Gasteiger partial charge < -0.3 is 10.1 Å². The Hall–Kier alpha value is -1.98. The van der Waals surface area contributed by atoms with Crippen molar-refractivity contribution < 1.29 is 4.74 Å². The highest BCUT2D eigenvalue weighted by atomic mass is 16.5. The van der Waals surface area contributed by atoms with Crippen molar-refractivity contribution in [3.8, 4) is 17.6 Å². The third-order valence-electron chi connectivity index (χ3n) is 3.54. The molecule has 0 aliphatic carbocycles. The molecule has 0 spiro atoms. The Labute approximate surface area is 127 Å².